The Kier molecular flexibility index (Phi) is 13.3. The highest BCUT2D eigenvalue weighted by Gasteiger charge is 2.17. The van der Waals surface area contributed by atoms with Crippen molar-refractivity contribution >= 4 is 17.8 Å². The molecule has 0 fully saturated rings. The molecule has 8 nitrogen and oxygen atoms in total. The van der Waals surface area contributed by atoms with Crippen molar-refractivity contribution in [2.45, 2.75) is 27.7 Å². The van der Waals surface area contributed by atoms with Gasteiger partial charge in [-0.2, -0.15) is 0 Å². The van der Waals surface area contributed by atoms with Gasteiger partial charge in [-0.25, -0.2) is 4.98 Å². The number of nitrogens with two attached hydrogens (primary N) is 1. The third-order valence-electron chi connectivity index (χ3n) is 4.18. The molecule has 2 aromatic carbocycles. The lowest BCUT2D eigenvalue weighted by Gasteiger charge is -2.12. The molecule has 3 N–H and O–H groups in total. The molecule has 0 aliphatic carbocycles. The molecule has 32 heavy (non-hydrogen) atoms. The normalized spacial score (nSPS) is 8.97. The van der Waals surface area contributed by atoms with E-state index in [4.69, 9.17) is 9.53 Å². The van der Waals surface area contributed by atoms with Gasteiger partial charge in [-0.05, 0) is 50.7 Å². The summed E-state index contributed by atoms with van der Waals surface area (Å²) >= 11 is 0. The van der Waals surface area contributed by atoms with Gasteiger partial charge in [0, 0.05) is 5.56 Å². The summed E-state index contributed by atoms with van der Waals surface area (Å²) in [7, 11) is 3.16. The minimum atomic E-state index is 0.777. The fourth-order valence-electron chi connectivity index (χ4n) is 2.92. The Morgan fingerprint density at radius 1 is 1.03 bits per heavy atom. The SMILES string of the molecule is C=C.C=O.CC.CN.COc1ccc(C)c(-c2nnc(C)n2-c2cccc3[nH]cnc23)c1. The molecule has 4 aromatic rings. The van der Waals surface area contributed by atoms with Gasteiger partial charge in [0.2, 0.25) is 0 Å². The zero-order valence-electron chi connectivity index (χ0n) is 19.8. The standard InChI is InChI=1S/C18H17N5O.C2H6.C2H4.CH5N.CH2O/c1-11-7-8-13(24-3)9-14(11)18-22-21-12(2)23(18)16-6-4-5-15-17(16)20-10-19-15;4*1-2/h4-10H,1-3H3,(H,19,20);1-2H3;1-2H2;2H2,1H3;1H2. The van der Waals surface area contributed by atoms with Gasteiger partial charge >= 0.3 is 0 Å². The van der Waals surface area contributed by atoms with Crippen molar-refractivity contribution in [3.05, 3.63) is 67.3 Å². The summed E-state index contributed by atoms with van der Waals surface area (Å²) in [5.41, 5.74) is 9.42. The van der Waals surface area contributed by atoms with Crippen LogP contribution < -0.4 is 10.5 Å². The van der Waals surface area contributed by atoms with Crippen LogP contribution in [0.3, 0.4) is 0 Å². The maximum atomic E-state index is 8.00. The molecule has 0 bridgehead atoms. The molecule has 0 unspecified atom stereocenters. The number of carbonyl (C=O) groups excluding carboxylic acids is 1. The van der Waals surface area contributed by atoms with Crippen molar-refractivity contribution in [2.24, 2.45) is 5.73 Å². The van der Waals surface area contributed by atoms with Crippen LogP contribution in [0.2, 0.25) is 0 Å². The van der Waals surface area contributed by atoms with E-state index in [1.807, 2.05) is 68.5 Å². The van der Waals surface area contributed by atoms with Gasteiger partial charge in [-0.3, -0.25) is 4.57 Å². The summed E-state index contributed by atoms with van der Waals surface area (Å²) in [6.45, 7) is 16.0. The van der Waals surface area contributed by atoms with E-state index < -0.39 is 0 Å². The second-order valence-electron chi connectivity index (χ2n) is 5.66. The van der Waals surface area contributed by atoms with Gasteiger partial charge in [0.1, 0.15) is 23.9 Å². The van der Waals surface area contributed by atoms with Crippen molar-refractivity contribution in [3.63, 3.8) is 0 Å². The lowest BCUT2D eigenvalue weighted by molar-refractivity contribution is -0.0979. The summed E-state index contributed by atoms with van der Waals surface area (Å²) in [6.07, 6.45) is 1.70. The van der Waals surface area contributed by atoms with E-state index in [0.29, 0.717) is 0 Å². The Labute approximate surface area is 190 Å². The van der Waals surface area contributed by atoms with Crippen LogP contribution in [0.25, 0.3) is 28.1 Å². The van der Waals surface area contributed by atoms with E-state index in [1.54, 1.807) is 13.4 Å². The molecular formula is C24H34N6O2. The van der Waals surface area contributed by atoms with Gasteiger partial charge in [0.05, 0.1) is 24.6 Å². The Bertz CT molecular complexity index is 1070. The third kappa shape index (κ3) is 6.12. The lowest BCUT2D eigenvalue weighted by Crippen LogP contribution is -2.02. The first-order chi connectivity index (χ1) is 15.7. The van der Waals surface area contributed by atoms with Crippen LogP contribution in [0.4, 0.5) is 0 Å². The van der Waals surface area contributed by atoms with E-state index in [9.17, 15) is 0 Å². The number of nitrogens with one attached hydrogen (secondary N) is 1. The molecule has 0 aliphatic heterocycles. The number of para-hydroxylation sites is 1. The van der Waals surface area contributed by atoms with Gasteiger partial charge in [-0.15, -0.1) is 23.4 Å². The number of imidazole rings is 1. The summed E-state index contributed by atoms with van der Waals surface area (Å²) in [6, 6.07) is 12.0. The highest BCUT2D eigenvalue weighted by molar-refractivity contribution is 5.84. The number of benzene rings is 2. The second-order valence-corrected chi connectivity index (χ2v) is 5.66. The average Bonchev–Trinajstić information content (AvgIpc) is 3.51. The number of ether oxygens (including phenoxy) is 1. The van der Waals surface area contributed by atoms with Crippen LogP contribution in [0.15, 0.2) is 55.9 Å². The molecule has 172 valence electrons. The number of methoxy groups -OCH3 is 1. The van der Waals surface area contributed by atoms with Gasteiger partial charge in [0.25, 0.3) is 0 Å². The molecule has 0 aliphatic rings. The first kappa shape index (κ1) is 28.2. The quantitative estimate of drug-likeness (QED) is 0.450. The highest BCUT2D eigenvalue weighted by atomic mass is 16.5. The number of carbonyl (C=O) groups is 1. The van der Waals surface area contributed by atoms with E-state index in [0.717, 1.165) is 45.2 Å². The van der Waals surface area contributed by atoms with E-state index in [2.05, 4.69) is 46.0 Å². The summed E-state index contributed by atoms with van der Waals surface area (Å²) in [4.78, 5) is 15.6. The maximum Gasteiger partial charge on any atom is 0.169 e. The first-order valence-electron chi connectivity index (χ1n) is 10.0. The molecule has 0 atom stereocenters. The lowest BCUT2D eigenvalue weighted by atomic mass is 10.1. The zero-order chi connectivity index (χ0) is 24.7. The predicted molar refractivity (Wildman–Crippen MR) is 132 cm³/mol. The maximum absolute atomic E-state index is 8.00. The molecule has 0 amide bonds. The number of H-pyrrole nitrogens is 1. The van der Waals surface area contributed by atoms with Gasteiger partial charge in [-0.1, -0.05) is 26.0 Å². The number of aryl methyl sites for hydroxylation is 2. The zero-order valence-corrected chi connectivity index (χ0v) is 19.8. The Morgan fingerprint density at radius 3 is 2.31 bits per heavy atom. The third-order valence-corrected chi connectivity index (χ3v) is 4.18. The van der Waals surface area contributed by atoms with E-state index in [1.165, 1.54) is 7.05 Å². The van der Waals surface area contributed by atoms with Crippen LogP contribution in [0.5, 0.6) is 5.75 Å². The molecule has 8 heteroatoms. The molecule has 4 rings (SSSR count). The van der Waals surface area contributed by atoms with Crippen LogP contribution in [0.1, 0.15) is 25.2 Å². The Morgan fingerprint density at radius 2 is 1.69 bits per heavy atom. The van der Waals surface area contributed by atoms with Crippen LogP contribution in [-0.4, -0.2) is 45.7 Å². The molecule has 0 saturated heterocycles. The first-order valence-corrected chi connectivity index (χ1v) is 10.0. The van der Waals surface area contributed by atoms with Crippen molar-refractivity contribution in [1.29, 1.82) is 0 Å². The Balaban J connectivity index is 0.00000109. The number of nitrogens with zero attached hydrogens (tertiary/aromatic N) is 4. The number of aromatic amines is 1. The number of hydrogen-bond acceptors (Lipinski definition) is 6. The van der Waals surface area contributed by atoms with E-state index >= 15 is 0 Å². The minimum absolute atomic E-state index is 0.777. The second kappa shape index (κ2) is 15.1. The van der Waals surface area contributed by atoms with E-state index in [-0.39, 0.29) is 0 Å². The Hall–Kier alpha value is -3.78. The van der Waals surface area contributed by atoms with Crippen LogP contribution in [0, 0.1) is 13.8 Å². The van der Waals surface area contributed by atoms with Crippen molar-refractivity contribution in [1.82, 2.24) is 24.7 Å². The van der Waals surface area contributed by atoms with Crippen molar-refractivity contribution < 1.29 is 9.53 Å². The van der Waals surface area contributed by atoms with Gasteiger partial charge < -0.3 is 20.2 Å². The van der Waals surface area contributed by atoms with Crippen LogP contribution in [-0.2, 0) is 4.79 Å². The largest absolute Gasteiger partial charge is 0.497 e. The summed E-state index contributed by atoms with van der Waals surface area (Å²) < 4.78 is 7.40. The van der Waals surface area contributed by atoms with Crippen molar-refractivity contribution in [2.75, 3.05) is 14.2 Å². The monoisotopic (exact) mass is 438 g/mol. The molecule has 0 saturated carbocycles. The van der Waals surface area contributed by atoms with Gasteiger partial charge in [0.15, 0.2) is 5.82 Å². The minimum Gasteiger partial charge on any atom is -0.497 e. The summed E-state index contributed by atoms with van der Waals surface area (Å²) in [5, 5.41) is 8.70. The molecule has 0 radical (unpaired) electrons. The fourth-order valence-corrected chi connectivity index (χ4v) is 2.92. The van der Waals surface area contributed by atoms with Crippen LogP contribution >= 0.6 is 0 Å². The smallest absolute Gasteiger partial charge is 0.169 e. The number of rotatable bonds is 3. The topological polar surface area (TPSA) is 112 Å². The number of aromatic nitrogens is 5. The predicted octanol–water partition coefficient (Wildman–Crippen LogP) is 4.65. The molecule has 2 aromatic heterocycles. The molecule has 0 spiro atoms. The highest BCUT2D eigenvalue weighted by Crippen LogP contribution is 2.30. The fraction of sp³-hybridized carbons (Fsp3) is 0.250. The number of fused-ring (bicyclic) bond motifs is 1. The summed E-state index contributed by atoms with van der Waals surface area (Å²) in [5.74, 6) is 2.38. The average molecular weight is 439 g/mol. The molecule has 2 heterocycles. The number of hydrogen-bond donors (Lipinski definition) is 2. The van der Waals surface area contributed by atoms with Crippen molar-refractivity contribution in [3.8, 4) is 22.8 Å². The molecular weight excluding hydrogens is 404 g/mol.